The van der Waals surface area contributed by atoms with E-state index in [-0.39, 0.29) is 18.2 Å². The third kappa shape index (κ3) is 6.57. The van der Waals surface area contributed by atoms with Gasteiger partial charge in [0.2, 0.25) is 5.91 Å². The van der Waals surface area contributed by atoms with Crippen LogP contribution in [0.3, 0.4) is 0 Å². The predicted molar refractivity (Wildman–Crippen MR) is 121 cm³/mol. The number of anilines is 1. The Hall–Kier alpha value is -1.87. The van der Waals surface area contributed by atoms with Crippen molar-refractivity contribution in [1.29, 1.82) is 0 Å². The Morgan fingerprint density at radius 3 is 2.97 bits per heavy atom. The first kappa shape index (κ1) is 22.8. The highest BCUT2D eigenvalue weighted by Crippen LogP contribution is 2.32. The molecule has 1 aliphatic rings. The maximum atomic E-state index is 11.8. The number of hydrogen-bond donors (Lipinski definition) is 2. The van der Waals surface area contributed by atoms with Gasteiger partial charge in [0, 0.05) is 18.7 Å². The van der Waals surface area contributed by atoms with Gasteiger partial charge in [-0.1, -0.05) is 32.6 Å². The number of aromatic nitrogens is 4. The molecule has 0 bridgehead atoms. The minimum atomic E-state index is -0.0495. The van der Waals surface area contributed by atoms with Gasteiger partial charge in [0.1, 0.15) is 18.1 Å². The lowest BCUT2D eigenvalue weighted by atomic mass is 10.1. The summed E-state index contributed by atoms with van der Waals surface area (Å²) in [5, 5.41) is 3.03. The zero-order valence-corrected chi connectivity index (χ0v) is 18.7. The summed E-state index contributed by atoms with van der Waals surface area (Å²) >= 11 is 1.89. The fourth-order valence-corrected chi connectivity index (χ4v) is 4.71. The highest BCUT2D eigenvalue weighted by atomic mass is 32.2. The summed E-state index contributed by atoms with van der Waals surface area (Å²) in [6, 6.07) is 0. The highest BCUT2D eigenvalue weighted by molar-refractivity contribution is 7.99. The molecule has 0 unspecified atom stereocenters. The standard InChI is InChI=1S/C21H34N6O2S/c1-2-3-4-5-6-8-17(28)23-11-7-12-30-13-16-9-10-18(29-16)27-15-26-19-20(22)24-14-25-21(19)27/h14-16,18H,2-13H2,1H3,(H,23,28)(H2,22,24,25)/t16-,18+/m0/s1. The quantitative estimate of drug-likeness (QED) is 0.463. The summed E-state index contributed by atoms with van der Waals surface area (Å²) in [5.74, 6) is 2.58. The van der Waals surface area contributed by atoms with Crippen molar-refractivity contribution in [1.82, 2.24) is 24.8 Å². The van der Waals surface area contributed by atoms with E-state index in [1.54, 1.807) is 6.33 Å². The molecule has 0 saturated carbocycles. The molecule has 1 fully saturated rings. The number of carbonyl (C=O) groups excluding carboxylic acids is 1. The average Bonchev–Trinajstić information content (AvgIpc) is 3.38. The molecule has 1 saturated heterocycles. The van der Waals surface area contributed by atoms with Gasteiger partial charge in [-0.2, -0.15) is 11.8 Å². The van der Waals surface area contributed by atoms with Crippen LogP contribution < -0.4 is 11.1 Å². The summed E-state index contributed by atoms with van der Waals surface area (Å²) in [4.78, 5) is 24.4. The van der Waals surface area contributed by atoms with Gasteiger partial charge in [0.05, 0.1) is 12.4 Å². The Labute approximate surface area is 182 Å². The number of imidazole rings is 1. The normalized spacial score (nSPS) is 18.8. The van der Waals surface area contributed by atoms with Crippen molar-refractivity contribution >= 4 is 34.7 Å². The third-order valence-electron chi connectivity index (χ3n) is 5.38. The largest absolute Gasteiger partial charge is 0.382 e. The third-order valence-corrected chi connectivity index (χ3v) is 6.57. The second-order valence-electron chi connectivity index (χ2n) is 7.82. The van der Waals surface area contributed by atoms with Gasteiger partial charge in [0.25, 0.3) is 0 Å². The van der Waals surface area contributed by atoms with E-state index in [1.807, 2.05) is 16.3 Å². The first-order chi connectivity index (χ1) is 14.7. The van der Waals surface area contributed by atoms with E-state index in [1.165, 1.54) is 25.6 Å². The lowest BCUT2D eigenvalue weighted by molar-refractivity contribution is -0.121. The Kier molecular flexibility index (Phi) is 9.20. The van der Waals surface area contributed by atoms with Crippen LogP contribution in [0.25, 0.3) is 11.2 Å². The van der Waals surface area contributed by atoms with E-state index >= 15 is 0 Å². The van der Waals surface area contributed by atoms with Crippen molar-refractivity contribution in [2.24, 2.45) is 0 Å². The van der Waals surface area contributed by atoms with Crippen LogP contribution in [0.1, 0.15) is 70.9 Å². The molecule has 30 heavy (non-hydrogen) atoms. The van der Waals surface area contributed by atoms with Crippen LogP contribution in [-0.2, 0) is 9.53 Å². The number of nitrogens with two attached hydrogens (primary N) is 1. The van der Waals surface area contributed by atoms with Crippen molar-refractivity contribution in [2.75, 3.05) is 23.8 Å². The first-order valence-corrected chi connectivity index (χ1v) is 12.3. The Morgan fingerprint density at radius 2 is 2.10 bits per heavy atom. The van der Waals surface area contributed by atoms with Gasteiger partial charge in [0.15, 0.2) is 11.5 Å². The Bertz CT molecular complexity index is 799. The topological polar surface area (TPSA) is 108 Å². The second-order valence-corrected chi connectivity index (χ2v) is 8.97. The van der Waals surface area contributed by atoms with Gasteiger partial charge >= 0.3 is 0 Å². The zero-order valence-electron chi connectivity index (χ0n) is 17.9. The van der Waals surface area contributed by atoms with Crippen molar-refractivity contribution in [3.63, 3.8) is 0 Å². The Morgan fingerprint density at radius 1 is 1.23 bits per heavy atom. The predicted octanol–water partition coefficient (Wildman–Crippen LogP) is 3.69. The highest BCUT2D eigenvalue weighted by Gasteiger charge is 2.28. The number of fused-ring (bicyclic) bond motifs is 1. The molecular weight excluding hydrogens is 400 g/mol. The molecule has 0 spiro atoms. The molecule has 3 heterocycles. The molecule has 3 rings (SSSR count). The number of ether oxygens (including phenoxy) is 1. The SMILES string of the molecule is CCCCCCCC(=O)NCCCSC[C@@H]1CC[C@H](n2cnc3c(N)ncnc32)O1. The van der Waals surface area contributed by atoms with E-state index in [0.29, 0.717) is 17.8 Å². The summed E-state index contributed by atoms with van der Waals surface area (Å²) < 4.78 is 8.16. The van der Waals surface area contributed by atoms with Crippen LogP contribution in [0.15, 0.2) is 12.7 Å². The van der Waals surface area contributed by atoms with Gasteiger partial charge in [-0.3, -0.25) is 9.36 Å². The lowest BCUT2D eigenvalue weighted by Crippen LogP contribution is -2.24. The van der Waals surface area contributed by atoms with Gasteiger partial charge in [-0.05, 0) is 31.4 Å². The number of carbonyl (C=O) groups is 1. The molecule has 9 heteroatoms. The molecule has 0 aromatic carbocycles. The number of rotatable bonds is 13. The van der Waals surface area contributed by atoms with Crippen molar-refractivity contribution in [3.05, 3.63) is 12.7 Å². The minimum absolute atomic E-state index is 0.0495. The van der Waals surface area contributed by atoms with Crippen molar-refractivity contribution in [3.8, 4) is 0 Å². The monoisotopic (exact) mass is 434 g/mol. The van der Waals surface area contributed by atoms with Crippen LogP contribution in [0.4, 0.5) is 5.82 Å². The Balaban J connectivity index is 1.26. The number of nitrogens with zero attached hydrogens (tertiary/aromatic N) is 4. The average molecular weight is 435 g/mol. The first-order valence-electron chi connectivity index (χ1n) is 11.1. The summed E-state index contributed by atoms with van der Waals surface area (Å²) in [6.07, 6.45) is 12.9. The van der Waals surface area contributed by atoms with E-state index in [0.717, 1.165) is 55.8 Å². The van der Waals surface area contributed by atoms with Crippen molar-refractivity contribution < 1.29 is 9.53 Å². The fraction of sp³-hybridized carbons (Fsp3) is 0.714. The van der Waals surface area contributed by atoms with E-state index in [9.17, 15) is 4.79 Å². The number of nitrogen functional groups attached to an aromatic ring is 1. The lowest BCUT2D eigenvalue weighted by Gasteiger charge is -2.15. The minimum Gasteiger partial charge on any atom is -0.382 e. The molecule has 1 amide bonds. The van der Waals surface area contributed by atoms with Crippen molar-refractivity contribution in [2.45, 2.75) is 77.0 Å². The summed E-state index contributed by atoms with van der Waals surface area (Å²) in [7, 11) is 0. The number of hydrogen-bond acceptors (Lipinski definition) is 7. The van der Waals surface area contributed by atoms with Crippen LogP contribution in [-0.4, -0.2) is 49.6 Å². The number of unbranched alkanes of at least 4 members (excludes halogenated alkanes) is 4. The smallest absolute Gasteiger partial charge is 0.219 e. The zero-order chi connectivity index (χ0) is 21.2. The number of thioether (sulfide) groups is 1. The molecule has 3 N–H and O–H groups in total. The van der Waals surface area contributed by atoms with Crippen LogP contribution in [0, 0.1) is 0 Å². The van der Waals surface area contributed by atoms with E-state index in [2.05, 4.69) is 27.2 Å². The molecule has 2 aromatic rings. The van der Waals surface area contributed by atoms with E-state index < -0.39 is 0 Å². The van der Waals surface area contributed by atoms with Gasteiger partial charge < -0.3 is 15.8 Å². The molecule has 2 aromatic heterocycles. The summed E-state index contributed by atoms with van der Waals surface area (Å²) in [5.41, 5.74) is 7.21. The number of amides is 1. The number of nitrogens with one attached hydrogen (secondary N) is 1. The van der Waals surface area contributed by atoms with Gasteiger partial charge in [-0.25, -0.2) is 15.0 Å². The molecule has 166 valence electrons. The molecular formula is C21H34N6O2S. The molecule has 2 atom stereocenters. The fourth-order valence-electron chi connectivity index (χ4n) is 3.69. The van der Waals surface area contributed by atoms with Gasteiger partial charge in [-0.15, -0.1) is 0 Å². The maximum absolute atomic E-state index is 11.8. The second kappa shape index (κ2) is 12.1. The van der Waals surface area contributed by atoms with E-state index in [4.69, 9.17) is 10.5 Å². The van der Waals surface area contributed by atoms with Crippen LogP contribution in [0.5, 0.6) is 0 Å². The molecule has 8 nitrogen and oxygen atoms in total. The molecule has 0 aliphatic carbocycles. The summed E-state index contributed by atoms with van der Waals surface area (Å²) in [6.45, 7) is 2.96. The van der Waals surface area contributed by atoms with Crippen LogP contribution >= 0.6 is 11.8 Å². The molecule has 1 aliphatic heterocycles. The maximum Gasteiger partial charge on any atom is 0.219 e. The molecule has 0 radical (unpaired) electrons. The van der Waals surface area contributed by atoms with Crippen LogP contribution in [0.2, 0.25) is 0 Å².